The van der Waals surface area contributed by atoms with Crippen molar-refractivity contribution in [3.8, 4) is 0 Å². The molecule has 0 aromatic rings. The Morgan fingerprint density at radius 3 is 2.48 bits per heavy atom. The van der Waals surface area contributed by atoms with Gasteiger partial charge in [0.05, 0.1) is 6.10 Å². The Balaban J connectivity index is 2.04. The van der Waals surface area contributed by atoms with E-state index in [-0.39, 0.29) is 12.2 Å². The van der Waals surface area contributed by atoms with Crippen LogP contribution in [0.3, 0.4) is 0 Å². The Hall–Kier alpha value is -1.30. The molecule has 2 rings (SSSR count). The zero-order valence-electron chi connectivity index (χ0n) is 19.2. The topological polar surface area (TPSA) is 73.9 Å². The Bertz CT molecular complexity index is 538. The molecule has 1 heterocycles. The van der Waals surface area contributed by atoms with Gasteiger partial charge >= 0.3 is 12.1 Å². The van der Waals surface area contributed by atoms with Crippen molar-refractivity contribution >= 4 is 12.1 Å². The van der Waals surface area contributed by atoms with Gasteiger partial charge in [0.25, 0.3) is 0 Å². The number of rotatable bonds is 7. The molecule has 2 fully saturated rings. The quantitative estimate of drug-likeness (QED) is 0.607. The summed E-state index contributed by atoms with van der Waals surface area (Å²) in [5.41, 5.74) is -0.608. The van der Waals surface area contributed by atoms with E-state index < -0.39 is 23.7 Å². The molecule has 1 saturated carbocycles. The number of hydrogen-bond donors (Lipinski definition) is 1. The number of hydrogen-bond acceptors (Lipinski definition) is 5. The summed E-state index contributed by atoms with van der Waals surface area (Å²) in [6, 6.07) is -0.680. The zero-order valence-corrected chi connectivity index (χ0v) is 19.2. The smallest absolute Gasteiger partial charge is 0.408 e. The molecular weight excluding hydrogens is 370 g/mol. The minimum absolute atomic E-state index is 0.0847. The molecule has 0 spiro atoms. The Morgan fingerprint density at radius 1 is 1.21 bits per heavy atom. The highest BCUT2D eigenvalue weighted by molar-refractivity contribution is 5.81. The number of ether oxygens (including phenoxy) is 3. The number of carbonyl (C=O) groups is 2. The standard InChI is InChI=1S/C23H41NO5/c1-15(2)10-13-18-8-7-9-19(24-22(26)29-23(4,5)6)21(25)28-16(3)20(18)27-14-17-11-12-17/h15-20H,7-14H2,1-6H3,(H,24,26)/t16-,18+,19-,20-/m0/s1. The summed E-state index contributed by atoms with van der Waals surface area (Å²) in [6.07, 6.45) is 6.04. The molecule has 1 aliphatic heterocycles. The second kappa shape index (κ2) is 10.6. The molecule has 4 atom stereocenters. The van der Waals surface area contributed by atoms with Crippen LogP contribution in [0.2, 0.25) is 0 Å². The van der Waals surface area contributed by atoms with Crippen LogP contribution in [0, 0.1) is 17.8 Å². The van der Waals surface area contributed by atoms with Gasteiger partial charge in [0.15, 0.2) is 0 Å². The van der Waals surface area contributed by atoms with Crippen molar-refractivity contribution in [3.05, 3.63) is 0 Å². The number of alkyl carbamates (subject to hydrolysis) is 1. The van der Waals surface area contributed by atoms with E-state index in [1.165, 1.54) is 12.8 Å². The van der Waals surface area contributed by atoms with Crippen LogP contribution in [0.5, 0.6) is 0 Å². The van der Waals surface area contributed by atoms with E-state index in [0.717, 1.165) is 32.3 Å². The first-order chi connectivity index (χ1) is 13.5. The highest BCUT2D eigenvalue weighted by Gasteiger charge is 2.36. The maximum absolute atomic E-state index is 12.8. The number of amides is 1. The minimum atomic E-state index is -0.680. The number of carbonyl (C=O) groups excluding carboxylic acids is 2. The summed E-state index contributed by atoms with van der Waals surface area (Å²) in [7, 11) is 0. The van der Waals surface area contributed by atoms with Gasteiger partial charge in [-0.3, -0.25) is 0 Å². The highest BCUT2D eigenvalue weighted by atomic mass is 16.6. The molecule has 29 heavy (non-hydrogen) atoms. The summed E-state index contributed by atoms with van der Waals surface area (Å²) < 4.78 is 17.4. The lowest BCUT2D eigenvalue weighted by molar-refractivity contribution is -0.161. The lowest BCUT2D eigenvalue weighted by Gasteiger charge is -2.31. The normalized spacial score (nSPS) is 28.9. The molecular formula is C23H41NO5. The molecule has 0 unspecified atom stereocenters. The van der Waals surface area contributed by atoms with Crippen LogP contribution < -0.4 is 5.32 Å². The van der Waals surface area contributed by atoms with Crippen molar-refractivity contribution in [1.82, 2.24) is 5.32 Å². The van der Waals surface area contributed by atoms with Gasteiger partial charge in [0.1, 0.15) is 17.7 Å². The third kappa shape index (κ3) is 8.93. The van der Waals surface area contributed by atoms with Crippen molar-refractivity contribution in [2.24, 2.45) is 17.8 Å². The van der Waals surface area contributed by atoms with E-state index in [1.54, 1.807) is 20.8 Å². The number of cyclic esters (lactones) is 1. The van der Waals surface area contributed by atoms with E-state index in [4.69, 9.17) is 14.2 Å². The van der Waals surface area contributed by atoms with Crippen molar-refractivity contribution in [2.45, 2.75) is 110 Å². The maximum Gasteiger partial charge on any atom is 0.408 e. The fourth-order valence-corrected chi connectivity index (χ4v) is 3.82. The fraction of sp³-hybridized carbons (Fsp3) is 0.913. The van der Waals surface area contributed by atoms with E-state index in [0.29, 0.717) is 24.2 Å². The minimum Gasteiger partial charge on any atom is -0.458 e. The van der Waals surface area contributed by atoms with Crippen LogP contribution in [0.15, 0.2) is 0 Å². The van der Waals surface area contributed by atoms with Gasteiger partial charge in [0, 0.05) is 6.61 Å². The molecule has 168 valence electrons. The number of nitrogens with one attached hydrogen (secondary N) is 1. The average molecular weight is 412 g/mol. The van der Waals surface area contributed by atoms with Crippen LogP contribution in [-0.2, 0) is 19.0 Å². The Labute approximate surface area is 176 Å². The summed E-state index contributed by atoms with van der Waals surface area (Å²) >= 11 is 0. The van der Waals surface area contributed by atoms with Gasteiger partial charge in [-0.2, -0.15) is 0 Å². The van der Waals surface area contributed by atoms with Gasteiger partial charge in [-0.15, -0.1) is 0 Å². The molecule has 1 saturated heterocycles. The van der Waals surface area contributed by atoms with Gasteiger partial charge in [-0.1, -0.05) is 26.7 Å². The first-order valence-electron chi connectivity index (χ1n) is 11.4. The average Bonchev–Trinajstić information content (AvgIpc) is 3.39. The second-order valence-electron chi connectivity index (χ2n) is 10.2. The summed E-state index contributed by atoms with van der Waals surface area (Å²) in [5.74, 6) is 1.26. The predicted octanol–water partition coefficient (Wildman–Crippen LogP) is 4.84. The van der Waals surface area contributed by atoms with Crippen LogP contribution >= 0.6 is 0 Å². The Kier molecular flexibility index (Phi) is 8.80. The van der Waals surface area contributed by atoms with Gasteiger partial charge in [-0.25, -0.2) is 9.59 Å². The monoisotopic (exact) mass is 411 g/mol. The lowest BCUT2D eigenvalue weighted by Crippen LogP contribution is -2.46. The van der Waals surface area contributed by atoms with Crippen LogP contribution in [0.25, 0.3) is 0 Å². The molecule has 6 heteroatoms. The highest BCUT2D eigenvalue weighted by Crippen LogP contribution is 2.33. The second-order valence-corrected chi connectivity index (χ2v) is 10.2. The van der Waals surface area contributed by atoms with E-state index >= 15 is 0 Å². The van der Waals surface area contributed by atoms with Crippen molar-refractivity contribution < 1.29 is 23.8 Å². The molecule has 0 radical (unpaired) electrons. The first-order valence-corrected chi connectivity index (χ1v) is 11.4. The zero-order chi connectivity index (χ0) is 21.6. The summed E-state index contributed by atoms with van der Waals surface area (Å²) in [6.45, 7) is 12.6. The molecule has 1 aliphatic carbocycles. The third-order valence-corrected chi connectivity index (χ3v) is 5.61. The fourth-order valence-electron chi connectivity index (χ4n) is 3.82. The van der Waals surface area contributed by atoms with Crippen molar-refractivity contribution in [1.29, 1.82) is 0 Å². The first kappa shape index (κ1) is 24.0. The van der Waals surface area contributed by atoms with E-state index in [1.807, 2.05) is 6.92 Å². The van der Waals surface area contributed by atoms with Crippen LogP contribution in [0.4, 0.5) is 4.79 Å². The Morgan fingerprint density at radius 2 is 1.90 bits per heavy atom. The molecule has 0 aromatic carbocycles. The van der Waals surface area contributed by atoms with Gasteiger partial charge in [-0.05, 0) is 77.6 Å². The third-order valence-electron chi connectivity index (χ3n) is 5.61. The van der Waals surface area contributed by atoms with E-state index in [2.05, 4.69) is 19.2 Å². The van der Waals surface area contributed by atoms with E-state index in [9.17, 15) is 9.59 Å². The van der Waals surface area contributed by atoms with Crippen molar-refractivity contribution in [2.75, 3.05) is 6.61 Å². The SMILES string of the molecule is CC(C)CC[C@H]1CCC[C@H](NC(=O)OC(C)(C)C)C(=O)O[C@@H](C)[C@@H]1OCC1CC1. The summed E-state index contributed by atoms with van der Waals surface area (Å²) in [4.78, 5) is 24.9. The number of esters is 1. The molecule has 1 N–H and O–H groups in total. The van der Waals surface area contributed by atoms with Crippen LogP contribution in [-0.4, -0.2) is 42.5 Å². The molecule has 0 bridgehead atoms. The van der Waals surface area contributed by atoms with Gasteiger partial charge < -0.3 is 19.5 Å². The molecule has 6 nitrogen and oxygen atoms in total. The van der Waals surface area contributed by atoms with Crippen LogP contribution in [0.1, 0.15) is 86.5 Å². The maximum atomic E-state index is 12.8. The van der Waals surface area contributed by atoms with Gasteiger partial charge in [0.2, 0.25) is 0 Å². The molecule has 1 amide bonds. The predicted molar refractivity (Wildman–Crippen MR) is 113 cm³/mol. The molecule has 2 aliphatic rings. The molecule has 0 aromatic heterocycles. The summed E-state index contributed by atoms with van der Waals surface area (Å²) in [5, 5.41) is 2.70. The largest absolute Gasteiger partial charge is 0.458 e. The van der Waals surface area contributed by atoms with Crippen molar-refractivity contribution in [3.63, 3.8) is 0 Å². The lowest BCUT2D eigenvalue weighted by atomic mass is 9.86.